The van der Waals surface area contributed by atoms with Gasteiger partial charge in [-0.3, -0.25) is 4.79 Å². The molecular weight excluding hydrogens is 401 g/mol. The van der Waals surface area contributed by atoms with Crippen LogP contribution in [-0.4, -0.2) is 29.4 Å². The zero-order valence-corrected chi connectivity index (χ0v) is 16.9. The minimum atomic E-state index is -0.291. The summed E-state index contributed by atoms with van der Waals surface area (Å²) < 4.78 is 12.4. The fraction of sp³-hybridized carbons (Fsp3) is 0.200. The molecule has 6 nitrogen and oxygen atoms in total. The van der Waals surface area contributed by atoms with Crippen molar-refractivity contribution < 1.29 is 14.3 Å². The van der Waals surface area contributed by atoms with E-state index in [0.29, 0.717) is 46.1 Å². The van der Waals surface area contributed by atoms with Gasteiger partial charge in [-0.25, -0.2) is 4.68 Å². The number of carbonyl (C=O) groups excluding carboxylic acids is 1. The molecule has 0 aliphatic rings. The largest absolute Gasteiger partial charge is 0.493 e. The summed E-state index contributed by atoms with van der Waals surface area (Å²) in [6, 6.07) is 12.1. The normalized spacial score (nSPS) is 10.6. The molecule has 0 unspecified atom stereocenters. The Morgan fingerprint density at radius 1 is 1.18 bits per heavy atom. The molecule has 0 saturated heterocycles. The van der Waals surface area contributed by atoms with Crippen LogP contribution in [0.1, 0.15) is 22.8 Å². The summed E-state index contributed by atoms with van der Waals surface area (Å²) >= 11 is 12.3. The Hall–Kier alpha value is -2.70. The third kappa shape index (κ3) is 4.40. The van der Waals surface area contributed by atoms with Crippen LogP contribution >= 0.6 is 23.2 Å². The Kier molecular flexibility index (Phi) is 6.44. The Labute approximate surface area is 173 Å². The van der Waals surface area contributed by atoms with Gasteiger partial charge in [-0.05, 0) is 36.8 Å². The molecule has 0 spiro atoms. The van der Waals surface area contributed by atoms with Gasteiger partial charge < -0.3 is 14.8 Å². The van der Waals surface area contributed by atoms with Crippen LogP contribution in [0.3, 0.4) is 0 Å². The van der Waals surface area contributed by atoms with Crippen LogP contribution in [0.2, 0.25) is 10.0 Å². The van der Waals surface area contributed by atoms with Gasteiger partial charge in [0, 0.05) is 11.6 Å². The molecule has 146 valence electrons. The van der Waals surface area contributed by atoms with Crippen LogP contribution in [0, 0.1) is 0 Å². The van der Waals surface area contributed by atoms with E-state index in [0.717, 1.165) is 5.56 Å². The number of carbonyl (C=O) groups is 1. The first-order valence-electron chi connectivity index (χ1n) is 8.60. The van der Waals surface area contributed by atoms with Gasteiger partial charge in [0.1, 0.15) is 5.82 Å². The number of nitrogens with one attached hydrogen (secondary N) is 1. The van der Waals surface area contributed by atoms with Crippen LogP contribution in [0.15, 0.2) is 48.7 Å². The molecule has 0 aliphatic carbocycles. The fourth-order valence-corrected chi connectivity index (χ4v) is 3.05. The van der Waals surface area contributed by atoms with Crippen LogP contribution in [0.25, 0.3) is 0 Å². The van der Waals surface area contributed by atoms with Crippen molar-refractivity contribution in [3.05, 3.63) is 69.8 Å². The summed E-state index contributed by atoms with van der Waals surface area (Å²) in [6.45, 7) is 2.76. The molecule has 1 amide bonds. The van der Waals surface area contributed by atoms with Gasteiger partial charge in [0.15, 0.2) is 11.5 Å². The Morgan fingerprint density at radius 3 is 2.75 bits per heavy atom. The molecule has 3 aromatic rings. The number of rotatable bonds is 7. The van der Waals surface area contributed by atoms with Crippen molar-refractivity contribution in [2.75, 3.05) is 19.0 Å². The van der Waals surface area contributed by atoms with Crippen molar-refractivity contribution >= 4 is 34.9 Å². The van der Waals surface area contributed by atoms with Crippen molar-refractivity contribution in [1.29, 1.82) is 0 Å². The minimum absolute atomic E-state index is 0.291. The topological polar surface area (TPSA) is 65.4 Å². The van der Waals surface area contributed by atoms with Crippen molar-refractivity contribution in [3.8, 4) is 11.5 Å². The quantitative estimate of drug-likeness (QED) is 0.591. The lowest BCUT2D eigenvalue weighted by atomic mass is 10.2. The highest BCUT2D eigenvalue weighted by molar-refractivity contribution is 6.42. The molecule has 1 aromatic heterocycles. The lowest BCUT2D eigenvalue weighted by Crippen LogP contribution is -2.16. The van der Waals surface area contributed by atoms with Crippen molar-refractivity contribution in [1.82, 2.24) is 9.78 Å². The maximum atomic E-state index is 12.7. The summed E-state index contributed by atoms with van der Waals surface area (Å²) in [5.74, 6) is 1.32. The standard InChI is InChI=1S/C20H19Cl2N3O3/c1-3-28-16-8-7-13(11-17(16)27-2)20(26)24-18-9-10-23-25(18)12-14-5-4-6-15(21)19(14)22/h4-11H,3,12H2,1-2H3,(H,24,26). The monoisotopic (exact) mass is 419 g/mol. The molecule has 0 fully saturated rings. The van der Waals surface area contributed by atoms with E-state index in [4.69, 9.17) is 32.7 Å². The van der Waals surface area contributed by atoms with E-state index in [1.807, 2.05) is 19.1 Å². The number of anilines is 1. The Bertz CT molecular complexity index is 989. The van der Waals surface area contributed by atoms with E-state index in [2.05, 4.69) is 10.4 Å². The maximum absolute atomic E-state index is 12.7. The summed E-state index contributed by atoms with van der Waals surface area (Å²) in [5, 5.41) is 8.05. The molecule has 28 heavy (non-hydrogen) atoms. The van der Waals surface area contributed by atoms with Crippen LogP contribution in [-0.2, 0) is 6.54 Å². The first-order valence-corrected chi connectivity index (χ1v) is 9.36. The fourth-order valence-electron chi connectivity index (χ4n) is 2.67. The van der Waals surface area contributed by atoms with Gasteiger partial charge in [0.2, 0.25) is 0 Å². The van der Waals surface area contributed by atoms with Crippen LogP contribution in [0.5, 0.6) is 11.5 Å². The average molecular weight is 420 g/mol. The summed E-state index contributed by atoms with van der Waals surface area (Å²) in [6.07, 6.45) is 1.60. The first-order chi connectivity index (χ1) is 13.5. The van der Waals surface area contributed by atoms with Gasteiger partial charge in [-0.15, -0.1) is 0 Å². The molecule has 0 bridgehead atoms. The highest BCUT2D eigenvalue weighted by Crippen LogP contribution is 2.29. The number of benzene rings is 2. The number of amides is 1. The number of aromatic nitrogens is 2. The van der Waals surface area contributed by atoms with Crippen molar-refractivity contribution in [2.24, 2.45) is 0 Å². The van der Waals surface area contributed by atoms with Crippen molar-refractivity contribution in [3.63, 3.8) is 0 Å². The minimum Gasteiger partial charge on any atom is -0.493 e. The van der Waals surface area contributed by atoms with Crippen LogP contribution in [0.4, 0.5) is 5.82 Å². The molecule has 0 radical (unpaired) electrons. The Balaban J connectivity index is 1.79. The molecule has 8 heteroatoms. The molecule has 3 rings (SSSR count). The lowest BCUT2D eigenvalue weighted by molar-refractivity contribution is 0.102. The molecule has 1 N–H and O–H groups in total. The van der Waals surface area contributed by atoms with E-state index >= 15 is 0 Å². The molecule has 0 atom stereocenters. The first kappa shape index (κ1) is 20.0. The Morgan fingerprint density at radius 2 is 2.00 bits per heavy atom. The molecule has 0 aliphatic heterocycles. The van der Waals surface area contributed by atoms with Gasteiger partial charge >= 0.3 is 0 Å². The third-order valence-corrected chi connectivity index (χ3v) is 4.89. The smallest absolute Gasteiger partial charge is 0.256 e. The molecular formula is C20H19Cl2N3O3. The number of nitrogens with zero attached hydrogens (tertiary/aromatic N) is 2. The zero-order chi connectivity index (χ0) is 20.1. The highest BCUT2D eigenvalue weighted by atomic mass is 35.5. The van der Waals surface area contributed by atoms with E-state index < -0.39 is 0 Å². The number of halogens is 2. The van der Waals surface area contributed by atoms with Crippen molar-refractivity contribution in [2.45, 2.75) is 13.5 Å². The predicted octanol–water partition coefficient (Wildman–Crippen LogP) is 4.90. The second-order valence-corrected chi connectivity index (χ2v) is 6.62. The highest BCUT2D eigenvalue weighted by Gasteiger charge is 2.14. The van der Waals surface area contributed by atoms with Gasteiger partial charge in [-0.2, -0.15) is 5.10 Å². The number of methoxy groups -OCH3 is 1. The summed E-state index contributed by atoms with van der Waals surface area (Å²) in [4.78, 5) is 12.7. The average Bonchev–Trinajstić information content (AvgIpc) is 3.12. The third-order valence-electron chi connectivity index (χ3n) is 4.04. The van der Waals surface area contributed by atoms with Crippen LogP contribution < -0.4 is 14.8 Å². The second kappa shape index (κ2) is 8.99. The maximum Gasteiger partial charge on any atom is 0.256 e. The SMILES string of the molecule is CCOc1ccc(C(=O)Nc2ccnn2Cc2cccc(Cl)c2Cl)cc1OC. The van der Waals surface area contributed by atoms with Gasteiger partial charge in [0.25, 0.3) is 5.91 Å². The molecule has 2 aromatic carbocycles. The second-order valence-electron chi connectivity index (χ2n) is 5.84. The van der Waals surface area contributed by atoms with E-state index in [1.54, 1.807) is 41.2 Å². The number of hydrogen-bond acceptors (Lipinski definition) is 4. The van der Waals surface area contributed by atoms with Gasteiger partial charge in [0.05, 0.1) is 36.5 Å². The molecule has 0 saturated carbocycles. The van der Waals surface area contributed by atoms with Gasteiger partial charge in [-0.1, -0.05) is 35.3 Å². The number of ether oxygens (including phenoxy) is 2. The van der Waals surface area contributed by atoms with E-state index in [-0.39, 0.29) is 5.91 Å². The predicted molar refractivity (Wildman–Crippen MR) is 110 cm³/mol. The van der Waals surface area contributed by atoms with E-state index in [9.17, 15) is 4.79 Å². The molecule has 1 heterocycles. The van der Waals surface area contributed by atoms with E-state index in [1.165, 1.54) is 7.11 Å². The summed E-state index contributed by atoms with van der Waals surface area (Å²) in [5.41, 5.74) is 1.24. The number of hydrogen-bond donors (Lipinski definition) is 1. The summed E-state index contributed by atoms with van der Waals surface area (Å²) in [7, 11) is 1.53. The lowest BCUT2D eigenvalue weighted by Gasteiger charge is -2.13. The zero-order valence-electron chi connectivity index (χ0n) is 15.4.